The highest BCUT2D eigenvalue weighted by Crippen LogP contribution is 2.37. The van der Waals surface area contributed by atoms with E-state index in [1.165, 1.54) is 12.8 Å². The lowest BCUT2D eigenvalue weighted by Crippen LogP contribution is -2.49. The summed E-state index contributed by atoms with van der Waals surface area (Å²) in [7, 11) is 0. The Labute approximate surface area is 121 Å². The highest BCUT2D eigenvalue weighted by atomic mass is 16.4. The Morgan fingerprint density at radius 1 is 1.25 bits per heavy atom. The number of carboxylic acids is 1. The Kier molecular flexibility index (Phi) is 6.30. The molecule has 1 aliphatic rings. The molecule has 1 saturated heterocycles. The smallest absolute Gasteiger partial charge is 0.317 e. The molecule has 0 saturated carbocycles. The van der Waals surface area contributed by atoms with E-state index in [0.717, 1.165) is 25.9 Å². The summed E-state index contributed by atoms with van der Waals surface area (Å²) in [6.07, 6.45) is 5.05. The van der Waals surface area contributed by atoms with Crippen molar-refractivity contribution in [1.82, 2.24) is 10.2 Å². The predicted molar refractivity (Wildman–Crippen MR) is 78.7 cm³/mol. The molecule has 1 heterocycles. The fourth-order valence-corrected chi connectivity index (χ4v) is 2.86. The number of rotatable bonds is 6. The molecule has 2 amide bonds. The van der Waals surface area contributed by atoms with E-state index in [9.17, 15) is 9.59 Å². The van der Waals surface area contributed by atoms with Gasteiger partial charge in [0.05, 0.1) is 0 Å². The number of aliphatic carboxylic acids is 1. The number of carbonyl (C=O) groups excluding carboxylic acids is 1. The van der Waals surface area contributed by atoms with Crippen LogP contribution >= 0.6 is 0 Å². The van der Waals surface area contributed by atoms with E-state index in [4.69, 9.17) is 5.11 Å². The second-order valence-corrected chi connectivity index (χ2v) is 5.98. The SMILES string of the molecule is CCC1(CC)CCN(C(=O)NC(C)CCC(=O)O)CC1. The van der Waals surface area contributed by atoms with E-state index < -0.39 is 5.97 Å². The monoisotopic (exact) mass is 284 g/mol. The van der Waals surface area contributed by atoms with Crippen LogP contribution in [-0.4, -0.2) is 41.1 Å². The lowest BCUT2D eigenvalue weighted by molar-refractivity contribution is -0.137. The Bertz CT molecular complexity index is 330. The Morgan fingerprint density at radius 2 is 1.80 bits per heavy atom. The van der Waals surface area contributed by atoms with Gasteiger partial charge < -0.3 is 15.3 Å². The van der Waals surface area contributed by atoms with Crippen LogP contribution in [-0.2, 0) is 4.79 Å². The quantitative estimate of drug-likeness (QED) is 0.788. The predicted octanol–water partition coefficient (Wildman–Crippen LogP) is 2.85. The number of nitrogens with one attached hydrogen (secondary N) is 1. The first kappa shape index (κ1) is 16.8. The van der Waals surface area contributed by atoms with Gasteiger partial charge in [0.25, 0.3) is 0 Å². The molecule has 0 bridgehead atoms. The van der Waals surface area contributed by atoms with Gasteiger partial charge in [-0.25, -0.2) is 4.79 Å². The van der Waals surface area contributed by atoms with Crippen molar-refractivity contribution in [2.24, 2.45) is 5.41 Å². The topological polar surface area (TPSA) is 69.6 Å². The molecule has 0 aliphatic carbocycles. The van der Waals surface area contributed by atoms with Gasteiger partial charge >= 0.3 is 12.0 Å². The largest absolute Gasteiger partial charge is 0.481 e. The van der Waals surface area contributed by atoms with Gasteiger partial charge in [-0.15, -0.1) is 0 Å². The first-order chi connectivity index (χ1) is 9.42. The summed E-state index contributed by atoms with van der Waals surface area (Å²) in [4.78, 5) is 24.5. The van der Waals surface area contributed by atoms with Crippen molar-refractivity contribution < 1.29 is 14.7 Å². The molecule has 20 heavy (non-hydrogen) atoms. The number of hydrogen-bond acceptors (Lipinski definition) is 2. The van der Waals surface area contributed by atoms with Crippen molar-refractivity contribution in [2.45, 2.75) is 65.3 Å². The molecule has 0 aromatic carbocycles. The molecule has 1 unspecified atom stereocenters. The molecule has 5 heteroatoms. The van der Waals surface area contributed by atoms with Crippen molar-refractivity contribution in [1.29, 1.82) is 0 Å². The first-order valence-corrected chi connectivity index (χ1v) is 7.69. The molecule has 1 fully saturated rings. The minimum absolute atomic E-state index is 0.0521. The number of carboxylic acid groups (broad SMARTS) is 1. The molecule has 1 atom stereocenters. The van der Waals surface area contributed by atoms with Crippen LogP contribution in [0.2, 0.25) is 0 Å². The number of amides is 2. The van der Waals surface area contributed by atoms with Crippen LogP contribution in [0.5, 0.6) is 0 Å². The molecule has 0 radical (unpaired) electrons. The van der Waals surface area contributed by atoms with E-state index >= 15 is 0 Å². The van der Waals surface area contributed by atoms with Crippen molar-refractivity contribution in [3.63, 3.8) is 0 Å². The normalized spacial score (nSPS) is 19.4. The maximum absolute atomic E-state index is 12.1. The van der Waals surface area contributed by atoms with Gasteiger partial charge in [0.1, 0.15) is 0 Å². The number of piperidine rings is 1. The highest BCUT2D eigenvalue weighted by Gasteiger charge is 2.32. The maximum Gasteiger partial charge on any atom is 0.317 e. The van der Waals surface area contributed by atoms with Crippen LogP contribution in [0.25, 0.3) is 0 Å². The summed E-state index contributed by atoms with van der Waals surface area (Å²) in [5.41, 5.74) is 0.408. The number of hydrogen-bond donors (Lipinski definition) is 2. The van der Waals surface area contributed by atoms with E-state index in [0.29, 0.717) is 11.8 Å². The van der Waals surface area contributed by atoms with E-state index in [-0.39, 0.29) is 18.5 Å². The highest BCUT2D eigenvalue weighted by molar-refractivity contribution is 5.74. The molecule has 0 spiro atoms. The summed E-state index contributed by atoms with van der Waals surface area (Å²) in [5.74, 6) is -0.820. The van der Waals surface area contributed by atoms with E-state index in [1.807, 2.05) is 11.8 Å². The standard InChI is InChI=1S/C15H28N2O3/c1-4-15(5-2)8-10-17(11-9-15)14(20)16-12(3)6-7-13(18)19/h12H,4-11H2,1-3H3,(H,16,20)(H,18,19). The molecule has 5 nitrogen and oxygen atoms in total. The summed E-state index contributed by atoms with van der Waals surface area (Å²) >= 11 is 0. The average molecular weight is 284 g/mol. The zero-order valence-corrected chi connectivity index (χ0v) is 12.9. The third kappa shape index (κ3) is 4.69. The second kappa shape index (κ2) is 7.50. The third-order valence-corrected chi connectivity index (χ3v) is 4.77. The Hall–Kier alpha value is -1.26. The minimum atomic E-state index is -0.820. The summed E-state index contributed by atoms with van der Waals surface area (Å²) in [6, 6.07) is -0.147. The maximum atomic E-state index is 12.1. The van der Waals surface area contributed by atoms with Gasteiger partial charge in [0.15, 0.2) is 0 Å². The molecular weight excluding hydrogens is 256 g/mol. The van der Waals surface area contributed by atoms with Gasteiger partial charge in [-0.2, -0.15) is 0 Å². The van der Waals surface area contributed by atoms with Gasteiger partial charge in [-0.3, -0.25) is 4.79 Å². The van der Waals surface area contributed by atoms with Crippen molar-refractivity contribution in [2.75, 3.05) is 13.1 Å². The number of likely N-dealkylation sites (tertiary alicyclic amines) is 1. The summed E-state index contributed by atoms with van der Waals surface area (Å²) < 4.78 is 0. The molecule has 0 aromatic rings. The molecule has 116 valence electrons. The van der Waals surface area contributed by atoms with Crippen LogP contribution in [0.4, 0.5) is 4.79 Å². The van der Waals surface area contributed by atoms with Crippen LogP contribution in [0.15, 0.2) is 0 Å². The average Bonchev–Trinajstić information content (AvgIpc) is 2.45. The number of urea groups is 1. The zero-order chi connectivity index (χ0) is 15.2. The van der Waals surface area contributed by atoms with Crippen LogP contribution in [0.1, 0.15) is 59.3 Å². The molecule has 0 aromatic heterocycles. The minimum Gasteiger partial charge on any atom is -0.481 e. The molecule has 2 N–H and O–H groups in total. The van der Waals surface area contributed by atoms with Crippen LogP contribution < -0.4 is 5.32 Å². The van der Waals surface area contributed by atoms with Gasteiger partial charge in [-0.1, -0.05) is 26.7 Å². The van der Waals surface area contributed by atoms with Gasteiger partial charge in [0.2, 0.25) is 0 Å². The fraction of sp³-hybridized carbons (Fsp3) is 0.867. The van der Waals surface area contributed by atoms with Crippen LogP contribution in [0.3, 0.4) is 0 Å². The van der Waals surface area contributed by atoms with Crippen molar-refractivity contribution in [3.05, 3.63) is 0 Å². The summed E-state index contributed by atoms with van der Waals surface area (Å²) in [5, 5.41) is 11.5. The van der Waals surface area contributed by atoms with Crippen LogP contribution in [0, 0.1) is 5.41 Å². The van der Waals surface area contributed by atoms with E-state index in [2.05, 4.69) is 19.2 Å². The lowest BCUT2D eigenvalue weighted by atomic mass is 9.74. The fourth-order valence-electron chi connectivity index (χ4n) is 2.86. The lowest BCUT2D eigenvalue weighted by Gasteiger charge is -2.41. The first-order valence-electron chi connectivity index (χ1n) is 7.69. The molecule has 1 aliphatic heterocycles. The van der Waals surface area contributed by atoms with Crippen molar-refractivity contribution >= 4 is 12.0 Å². The van der Waals surface area contributed by atoms with Crippen molar-refractivity contribution in [3.8, 4) is 0 Å². The third-order valence-electron chi connectivity index (χ3n) is 4.77. The molecular formula is C15H28N2O3. The summed E-state index contributed by atoms with van der Waals surface area (Å²) in [6.45, 7) is 7.92. The van der Waals surface area contributed by atoms with E-state index in [1.54, 1.807) is 0 Å². The van der Waals surface area contributed by atoms with Gasteiger partial charge in [-0.05, 0) is 31.6 Å². The second-order valence-electron chi connectivity index (χ2n) is 5.98. The molecule has 1 rings (SSSR count). The number of nitrogens with zero attached hydrogens (tertiary/aromatic N) is 1. The Balaban J connectivity index is 2.37. The number of carbonyl (C=O) groups is 2. The zero-order valence-electron chi connectivity index (χ0n) is 12.9. The Morgan fingerprint density at radius 3 is 2.25 bits per heavy atom. The van der Waals surface area contributed by atoms with Gasteiger partial charge in [0, 0.05) is 25.6 Å².